The second-order valence-corrected chi connectivity index (χ2v) is 9.86. The zero-order valence-corrected chi connectivity index (χ0v) is 22.1. The molecule has 0 radical (unpaired) electrons. The van der Waals surface area contributed by atoms with Crippen molar-refractivity contribution in [1.82, 2.24) is 19.6 Å². The molecule has 0 amide bonds. The Kier molecular flexibility index (Phi) is 8.47. The molecular weight excluding hydrogens is 461 g/mol. The quantitative estimate of drug-likeness (QED) is 0.367. The fraction of sp³-hybridized carbons (Fsp3) is 0.464. The Labute approximate surface area is 214 Å². The lowest BCUT2D eigenvalue weighted by molar-refractivity contribution is 0.185. The number of aryl methyl sites for hydroxylation is 1. The van der Waals surface area contributed by atoms with Gasteiger partial charge in [0.2, 0.25) is 0 Å². The van der Waals surface area contributed by atoms with Crippen molar-refractivity contribution >= 4 is 17.4 Å². The maximum absolute atomic E-state index is 13.7. The first-order chi connectivity index (χ1) is 16.9. The summed E-state index contributed by atoms with van der Waals surface area (Å²) in [6.07, 6.45) is 1.04. The summed E-state index contributed by atoms with van der Waals surface area (Å²) in [6.45, 7) is 15.4. The van der Waals surface area contributed by atoms with Gasteiger partial charge in [-0.25, -0.2) is 9.07 Å². The molecule has 1 saturated heterocycles. The molecule has 3 aromatic rings. The SMILES string of the molecule is CCC(C)N(Cc1ccccc1Cl)Cc1c(C)nn(-c2ccc(F)cc2)c1N1CCN(CC)CC1. The van der Waals surface area contributed by atoms with Gasteiger partial charge < -0.3 is 9.80 Å². The number of halogens is 2. The average Bonchev–Trinajstić information content (AvgIpc) is 3.20. The maximum Gasteiger partial charge on any atom is 0.137 e. The van der Waals surface area contributed by atoms with Gasteiger partial charge in [-0.15, -0.1) is 0 Å². The molecule has 1 aliphatic heterocycles. The lowest BCUT2D eigenvalue weighted by Crippen LogP contribution is -2.47. The summed E-state index contributed by atoms with van der Waals surface area (Å²) in [6, 6.07) is 15.1. The van der Waals surface area contributed by atoms with Gasteiger partial charge in [-0.3, -0.25) is 4.90 Å². The number of piperazine rings is 1. The topological polar surface area (TPSA) is 27.5 Å². The van der Waals surface area contributed by atoms with Gasteiger partial charge in [-0.2, -0.15) is 5.10 Å². The van der Waals surface area contributed by atoms with Crippen molar-refractivity contribution in [2.24, 2.45) is 0 Å². The van der Waals surface area contributed by atoms with Crippen molar-refractivity contribution in [3.8, 4) is 5.69 Å². The summed E-state index contributed by atoms with van der Waals surface area (Å²) in [5.74, 6) is 0.885. The number of anilines is 1. The van der Waals surface area contributed by atoms with E-state index in [1.54, 1.807) is 0 Å². The van der Waals surface area contributed by atoms with Crippen molar-refractivity contribution in [3.63, 3.8) is 0 Å². The van der Waals surface area contributed by atoms with Gasteiger partial charge in [0.15, 0.2) is 0 Å². The highest BCUT2D eigenvalue weighted by atomic mass is 35.5. The molecule has 0 saturated carbocycles. The highest BCUT2D eigenvalue weighted by Crippen LogP contribution is 2.31. The van der Waals surface area contributed by atoms with E-state index in [-0.39, 0.29) is 5.82 Å². The van der Waals surface area contributed by atoms with Gasteiger partial charge >= 0.3 is 0 Å². The molecule has 2 aromatic carbocycles. The van der Waals surface area contributed by atoms with Crippen LogP contribution in [0.15, 0.2) is 48.5 Å². The highest BCUT2D eigenvalue weighted by Gasteiger charge is 2.27. The number of hydrogen-bond donors (Lipinski definition) is 0. The van der Waals surface area contributed by atoms with Gasteiger partial charge in [-0.05, 0) is 62.7 Å². The Morgan fingerprint density at radius 1 is 1.00 bits per heavy atom. The molecule has 1 aliphatic rings. The van der Waals surface area contributed by atoms with Crippen molar-refractivity contribution in [2.45, 2.75) is 53.2 Å². The molecule has 0 aliphatic carbocycles. The molecule has 4 rings (SSSR count). The molecule has 1 aromatic heterocycles. The number of benzene rings is 2. The molecule has 2 heterocycles. The zero-order valence-electron chi connectivity index (χ0n) is 21.3. The van der Waals surface area contributed by atoms with Gasteiger partial charge in [0.05, 0.1) is 11.4 Å². The normalized spacial score (nSPS) is 15.7. The summed E-state index contributed by atoms with van der Waals surface area (Å²) in [7, 11) is 0. The third kappa shape index (κ3) is 5.88. The summed E-state index contributed by atoms with van der Waals surface area (Å²) < 4.78 is 15.7. The Balaban J connectivity index is 1.73. The van der Waals surface area contributed by atoms with E-state index in [4.69, 9.17) is 16.7 Å². The van der Waals surface area contributed by atoms with Gasteiger partial charge in [0, 0.05) is 55.9 Å². The van der Waals surface area contributed by atoms with Crippen molar-refractivity contribution in [2.75, 3.05) is 37.6 Å². The van der Waals surface area contributed by atoms with Crippen molar-refractivity contribution in [1.29, 1.82) is 0 Å². The minimum atomic E-state index is -0.237. The second-order valence-electron chi connectivity index (χ2n) is 9.45. The van der Waals surface area contributed by atoms with E-state index in [1.165, 1.54) is 17.7 Å². The predicted octanol–water partition coefficient (Wildman–Crippen LogP) is 5.92. The number of hydrogen-bond acceptors (Lipinski definition) is 4. The highest BCUT2D eigenvalue weighted by molar-refractivity contribution is 6.31. The summed E-state index contributed by atoms with van der Waals surface area (Å²) >= 11 is 6.54. The molecule has 1 fully saturated rings. The Bertz CT molecular complexity index is 1110. The van der Waals surface area contributed by atoms with Crippen LogP contribution >= 0.6 is 11.6 Å². The lowest BCUT2D eigenvalue weighted by atomic mass is 10.1. The minimum Gasteiger partial charge on any atom is -0.354 e. The fourth-order valence-corrected chi connectivity index (χ4v) is 4.97. The largest absolute Gasteiger partial charge is 0.354 e. The fourth-order valence-electron chi connectivity index (χ4n) is 4.77. The van der Waals surface area contributed by atoms with Crippen LogP contribution < -0.4 is 4.90 Å². The van der Waals surface area contributed by atoms with Crippen LogP contribution in [0.5, 0.6) is 0 Å². The second kappa shape index (κ2) is 11.5. The third-order valence-corrected chi connectivity index (χ3v) is 7.62. The first-order valence-electron chi connectivity index (χ1n) is 12.7. The smallest absolute Gasteiger partial charge is 0.137 e. The summed E-state index contributed by atoms with van der Waals surface area (Å²) in [4.78, 5) is 7.42. The van der Waals surface area contributed by atoms with Gasteiger partial charge in [-0.1, -0.05) is 43.6 Å². The molecule has 0 spiro atoms. The Morgan fingerprint density at radius 3 is 2.31 bits per heavy atom. The van der Waals surface area contributed by atoms with Gasteiger partial charge in [0.1, 0.15) is 11.6 Å². The monoisotopic (exact) mass is 497 g/mol. The van der Waals surface area contributed by atoms with Crippen LogP contribution in [0.2, 0.25) is 5.02 Å². The van der Waals surface area contributed by atoms with Crippen LogP contribution in [-0.4, -0.2) is 58.3 Å². The van der Waals surface area contributed by atoms with E-state index in [9.17, 15) is 4.39 Å². The first kappa shape index (κ1) is 25.7. The van der Waals surface area contributed by atoms with E-state index in [1.807, 2.05) is 35.0 Å². The predicted molar refractivity (Wildman–Crippen MR) is 143 cm³/mol. The average molecular weight is 498 g/mol. The number of aromatic nitrogens is 2. The van der Waals surface area contributed by atoms with Crippen LogP contribution in [0, 0.1) is 12.7 Å². The van der Waals surface area contributed by atoms with E-state index in [0.717, 1.165) is 80.0 Å². The lowest BCUT2D eigenvalue weighted by Gasteiger charge is -2.37. The van der Waals surface area contributed by atoms with Crippen LogP contribution in [0.4, 0.5) is 10.2 Å². The summed E-state index contributed by atoms with van der Waals surface area (Å²) in [5.41, 5.74) is 4.26. The van der Waals surface area contributed by atoms with Crippen LogP contribution in [0.3, 0.4) is 0 Å². The van der Waals surface area contributed by atoms with Crippen LogP contribution in [-0.2, 0) is 13.1 Å². The first-order valence-corrected chi connectivity index (χ1v) is 13.1. The molecule has 188 valence electrons. The molecule has 5 nitrogen and oxygen atoms in total. The number of rotatable bonds is 9. The van der Waals surface area contributed by atoms with Crippen LogP contribution in [0.1, 0.15) is 44.0 Å². The minimum absolute atomic E-state index is 0.237. The van der Waals surface area contributed by atoms with E-state index >= 15 is 0 Å². The maximum atomic E-state index is 13.7. The van der Waals surface area contributed by atoms with E-state index in [2.05, 4.69) is 48.5 Å². The molecule has 35 heavy (non-hydrogen) atoms. The standard InChI is InChI=1S/C28H37ClFN5/c1-5-21(3)34(19-23-9-7-8-10-27(23)29)20-26-22(4)31-35(25-13-11-24(30)12-14-25)28(26)33-17-15-32(6-2)16-18-33/h7-14,21H,5-6,15-20H2,1-4H3. The van der Waals surface area contributed by atoms with Crippen molar-refractivity contribution < 1.29 is 4.39 Å². The van der Waals surface area contributed by atoms with E-state index < -0.39 is 0 Å². The molecule has 1 unspecified atom stereocenters. The molecule has 1 atom stereocenters. The van der Waals surface area contributed by atoms with Crippen molar-refractivity contribution in [3.05, 3.63) is 76.2 Å². The van der Waals surface area contributed by atoms with Gasteiger partial charge in [0.25, 0.3) is 0 Å². The number of likely N-dealkylation sites (N-methyl/N-ethyl adjacent to an activating group) is 1. The Morgan fingerprint density at radius 2 is 1.69 bits per heavy atom. The molecule has 0 bridgehead atoms. The van der Waals surface area contributed by atoms with E-state index in [0.29, 0.717) is 6.04 Å². The Hall–Kier alpha value is -2.41. The molecular formula is C28H37ClFN5. The zero-order chi connectivity index (χ0) is 24.9. The summed E-state index contributed by atoms with van der Waals surface area (Å²) in [5, 5.41) is 5.78. The molecule has 0 N–H and O–H groups in total. The molecule has 7 heteroatoms. The third-order valence-electron chi connectivity index (χ3n) is 7.25. The number of nitrogens with zero attached hydrogens (tertiary/aromatic N) is 5. The van der Waals surface area contributed by atoms with Crippen LogP contribution in [0.25, 0.3) is 5.69 Å².